The van der Waals surface area contributed by atoms with Gasteiger partial charge in [0.15, 0.2) is 0 Å². The first-order valence-electron chi connectivity index (χ1n) is 6.89. The van der Waals surface area contributed by atoms with Gasteiger partial charge in [-0.25, -0.2) is 0 Å². The van der Waals surface area contributed by atoms with Crippen LogP contribution >= 0.6 is 0 Å². The molecule has 0 aliphatic carbocycles. The monoisotopic (exact) mass is 257 g/mol. The number of benzene rings is 1. The fraction of sp³-hybridized carbons (Fsp3) is 0.412. The Labute approximate surface area is 115 Å². The van der Waals surface area contributed by atoms with Crippen LogP contribution in [-0.4, -0.2) is 6.04 Å². The molecule has 1 unspecified atom stereocenters. The summed E-state index contributed by atoms with van der Waals surface area (Å²) in [5.41, 5.74) is 1.57. The van der Waals surface area contributed by atoms with Gasteiger partial charge in [0.25, 0.3) is 0 Å². The molecule has 0 spiro atoms. The van der Waals surface area contributed by atoms with E-state index in [0.717, 1.165) is 18.7 Å². The lowest BCUT2D eigenvalue weighted by molar-refractivity contribution is 0.373. The normalized spacial score (nSPS) is 13.4. The third-order valence-electron chi connectivity index (χ3n) is 3.58. The third-order valence-corrected chi connectivity index (χ3v) is 3.58. The van der Waals surface area contributed by atoms with E-state index in [2.05, 4.69) is 56.4 Å². The minimum absolute atomic E-state index is 0.177. The van der Waals surface area contributed by atoms with Gasteiger partial charge in [-0.1, -0.05) is 44.2 Å². The molecule has 19 heavy (non-hydrogen) atoms. The highest BCUT2D eigenvalue weighted by Gasteiger charge is 2.22. The smallest absolute Gasteiger partial charge is 0.117 e. The van der Waals surface area contributed by atoms with Gasteiger partial charge in [0.1, 0.15) is 5.76 Å². The van der Waals surface area contributed by atoms with Gasteiger partial charge in [0.2, 0.25) is 0 Å². The van der Waals surface area contributed by atoms with E-state index in [1.54, 1.807) is 6.26 Å². The molecule has 0 aliphatic heterocycles. The van der Waals surface area contributed by atoms with Crippen molar-refractivity contribution < 1.29 is 4.42 Å². The summed E-state index contributed by atoms with van der Waals surface area (Å²) in [4.78, 5) is 0. The molecule has 1 heterocycles. The average Bonchev–Trinajstić information content (AvgIpc) is 2.90. The van der Waals surface area contributed by atoms with Gasteiger partial charge in [0, 0.05) is 6.04 Å². The Morgan fingerprint density at radius 3 is 2.47 bits per heavy atom. The first-order chi connectivity index (χ1) is 9.08. The molecule has 0 radical (unpaired) electrons. The summed E-state index contributed by atoms with van der Waals surface area (Å²) >= 11 is 0. The zero-order chi connectivity index (χ0) is 13.7. The molecule has 2 aromatic rings. The van der Waals surface area contributed by atoms with Crippen molar-refractivity contribution in [2.75, 3.05) is 0 Å². The second kappa shape index (κ2) is 6.07. The molecule has 0 amide bonds. The Morgan fingerprint density at radius 2 is 1.84 bits per heavy atom. The molecule has 0 saturated heterocycles. The Kier molecular flexibility index (Phi) is 4.43. The molecule has 1 aromatic carbocycles. The van der Waals surface area contributed by atoms with E-state index in [0.29, 0.717) is 6.04 Å². The van der Waals surface area contributed by atoms with Crippen LogP contribution in [0.25, 0.3) is 0 Å². The predicted molar refractivity (Wildman–Crippen MR) is 79.1 cm³/mol. The summed E-state index contributed by atoms with van der Waals surface area (Å²) in [6.07, 6.45) is 2.81. The largest absolute Gasteiger partial charge is 0.468 e. The van der Waals surface area contributed by atoms with Crippen molar-refractivity contribution in [3.05, 3.63) is 60.1 Å². The van der Waals surface area contributed by atoms with Gasteiger partial charge < -0.3 is 9.73 Å². The number of hydrogen-bond acceptors (Lipinski definition) is 2. The van der Waals surface area contributed by atoms with Crippen LogP contribution in [0, 0.1) is 0 Å². The minimum Gasteiger partial charge on any atom is -0.468 e. The van der Waals surface area contributed by atoms with Crippen LogP contribution in [0.1, 0.15) is 38.5 Å². The van der Waals surface area contributed by atoms with Crippen LogP contribution < -0.4 is 5.32 Å². The maximum atomic E-state index is 5.34. The second-order valence-electron chi connectivity index (χ2n) is 5.82. The van der Waals surface area contributed by atoms with Crippen molar-refractivity contribution in [2.45, 2.75) is 45.2 Å². The molecule has 2 nitrogen and oxygen atoms in total. The summed E-state index contributed by atoms with van der Waals surface area (Å²) in [5, 5.41) is 3.52. The molecule has 0 saturated carbocycles. The Balaban J connectivity index is 1.89. The van der Waals surface area contributed by atoms with E-state index in [1.165, 1.54) is 5.56 Å². The zero-order valence-corrected chi connectivity index (χ0v) is 12.0. The van der Waals surface area contributed by atoms with Gasteiger partial charge in [-0.3, -0.25) is 0 Å². The van der Waals surface area contributed by atoms with Crippen LogP contribution in [0.5, 0.6) is 0 Å². The van der Waals surface area contributed by atoms with E-state index in [1.807, 2.05) is 12.1 Å². The molecule has 102 valence electrons. The number of rotatable bonds is 6. The lowest BCUT2D eigenvalue weighted by Gasteiger charge is -2.29. The standard InChI is InChI=1S/C17H23NO/c1-14(18-13-16-10-7-11-19-16)12-17(2,3)15-8-5-4-6-9-15/h4-11,14,18H,12-13H2,1-3H3. The molecule has 1 atom stereocenters. The summed E-state index contributed by atoms with van der Waals surface area (Å²) in [7, 11) is 0. The van der Waals surface area contributed by atoms with Crippen LogP contribution in [0.15, 0.2) is 53.1 Å². The molecule has 0 fully saturated rings. The van der Waals surface area contributed by atoms with E-state index >= 15 is 0 Å². The Morgan fingerprint density at radius 1 is 1.11 bits per heavy atom. The van der Waals surface area contributed by atoms with Gasteiger partial charge in [-0.2, -0.15) is 0 Å². The van der Waals surface area contributed by atoms with E-state index < -0.39 is 0 Å². The van der Waals surface area contributed by atoms with Gasteiger partial charge in [-0.15, -0.1) is 0 Å². The van der Waals surface area contributed by atoms with Crippen LogP contribution in [0.2, 0.25) is 0 Å². The number of hydrogen-bond donors (Lipinski definition) is 1. The highest BCUT2D eigenvalue weighted by atomic mass is 16.3. The topological polar surface area (TPSA) is 25.2 Å². The summed E-state index contributed by atoms with van der Waals surface area (Å²) in [5.74, 6) is 0.990. The lowest BCUT2D eigenvalue weighted by Crippen LogP contribution is -2.32. The average molecular weight is 257 g/mol. The quantitative estimate of drug-likeness (QED) is 0.842. The molecule has 2 heteroatoms. The van der Waals surface area contributed by atoms with Gasteiger partial charge >= 0.3 is 0 Å². The SMILES string of the molecule is CC(CC(C)(C)c1ccccc1)NCc1ccco1. The van der Waals surface area contributed by atoms with E-state index in [4.69, 9.17) is 4.42 Å². The van der Waals surface area contributed by atoms with E-state index in [-0.39, 0.29) is 5.41 Å². The van der Waals surface area contributed by atoms with Crippen molar-refractivity contribution in [3.63, 3.8) is 0 Å². The maximum absolute atomic E-state index is 5.34. The first-order valence-corrected chi connectivity index (χ1v) is 6.89. The van der Waals surface area contributed by atoms with Crippen molar-refractivity contribution >= 4 is 0 Å². The number of furan rings is 1. The summed E-state index contributed by atoms with van der Waals surface area (Å²) in [6.45, 7) is 7.62. The highest BCUT2D eigenvalue weighted by molar-refractivity contribution is 5.23. The van der Waals surface area contributed by atoms with Gasteiger partial charge in [0.05, 0.1) is 12.8 Å². The molecule has 0 aliphatic rings. The van der Waals surface area contributed by atoms with Crippen molar-refractivity contribution in [2.24, 2.45) is 0 Å². The Hall–Kier alpha value is -1.54. The summed E-state index contributed by atoms with van der Waals surface area (Å²) in [6, 6.07) is 15.1. The third kappa shape index (κ3) is 3.97. The van der Waals surface area contributed by atoms with Crippen LogP contribution in [-0.2, 0) is 12.0 Å². The van der Waals surface area contributed by atoms with Crippen LogP contribution in [0.3, 0.4) is 0 Å². The molecule has 0 bridgehead atoms. The predicted octanol–water partition coefficient (Wildman–Crippen LogP) is 4.13. The van der Waals surface area contributed by atoms with Crippen molar-refractivity contribution in [3.8, 4) is 0 Å². The Bertz CT molecular complexity index is 473. The minimum atomic E-state index is 0.177. The van der Waals surface area contributed by atoms with Crippen molar-refractivity contribution in [1.82, 2.24) is 5.32 Å². The molecule has 1 aromatic heterocycles. The zero-order valence-electron chi connectivity index (χ0n) is 12.0. The molecule has 1 N–H and O–H groups in total. The van der Waals surface area contributed by atoms with Gasteiger partial charge in [-0.05, 0) is 36.5 Å². The molecule has 2 rings (SSSR count). The molecular weight excluding hydrogens is 234 g/mol. The second-order valence-corrected chi connectivity index (χ2v) is 5.82. The van der Waals surface area contributed by atoms with Crippen LogP contribution in [0.4, 0.5) is 0 Å². The first kappa shape index (κ1) is 13.9. The fourth-order valence-corrected chi connectivity index (χ4v) is 2.53. The maximum Gasteiger partial charge on any atom is 0.117 e. The summed E-state index contributed by atoms with van der Waals surface area (Å²) < 4.78 is 5.34. The lowest BCUT2D eigenvalue weighted by atomic mass is 9.79. The number of nitrogens with one attached hydrogen (secondary N) is 1. The van der Waals surface area contributed by atoms with E-state index in [9.17, 15) is 0 Å². The fourth-order valence-electron chi connectivity index (χ4n) is 2.53. The highest BCUT2D eigenvalue weighted by Crippen LogP contribution is 2.28. The van der Waals surface area contributed by atoms with Crippen molar-refractivity contribution in [1.29, 1.82) is 0 Å². The molecular formula is C17H23NO.